The highest BCUT2D eigenvalue weighted by Gasteiger charge is 2.23. The van der Waals surface area contributed by atoms with Crippen molar-refractivity contribution < 1.29 is 19.0 Å². The Bertz CT molecular complexity index is 839. The monoisotopic (exact) mass is 439 g/mol. The third kappa shape index (κ3) is 7.95. The van der Waals surface area contributed by atoms with Crippen LogP contribution in [-0.4, -0.2) is 42.7 Å². The van der Waals surface area contributed by atoms with E-state index in [0.717, 1.165) is 36.6 Å². The van der Waals surface area contributed by atoms with Crippen molar-refractivity contribution in [3.63, 3.8) is 0 Å². The first-order valence-corrected chi connectivity index (χ1v) is 11.7. The van der Waals surface area contributed by atoms with E-state index >= 15 is 0 Å². The standard InChI is InChI=1S/C27H37NO4/c1-5-6-7-21-8-12-23(13-9-21)31-24-14-10-22(11-15-24)25-20-28(18-19-30-25)17-16-26(29)32-27(2,3)4/h8-15,25H,5-7,16-20H2,1-4H3. The summed E-state index contributed by atoms with van der Waals surface area (Å²) < 4.78 is 17.4. The van der Waals surface area contributed by atoms with E-state index in [1.807, 2.05) is 45.0 Å². The minimum absolute atomic E-state index is 0.00529. The summed E-state index contributed by atoms with van der Waals surface area (Å²) in [6.45, 7) is 10.8. The van der Waals surface area contributed by atoms with E-state index in [1.165, 1.54) is 18.4 Å². The number of hydrogen-bond acceptors (Lipinski definition) is 5. The second kappa shape index (κ2) is 11.5. The fourth-order valence-corrected chi connectivity index (χ4v) is 3.74. The van der Waals surface area contributed by atoms with Gasteiger partial charge in [0.15, 0.2) is 0 Å². The number of ether oxygens (including phenoxy) is 3. The summed E-state index contributed by atoms with van der Waals surface area (Å²) >= 11 is 0. The van der Waals surface area contributed by atoms with Crippen LogP contribution in [-0.2, 0) is 20.7 Å². The molecular weight excluding hydrogens is 402 g/mol. The van der Waals surface area contributed by atoms with E-state index in [2.05, 4.69) is 36.1 Å². The first-order valence-electron chi connectivity index (χ1n) is 11.7. The maximum atomic E-state index is 12.0. The molecule has 0 aliphatic carbocycles. The van der Waals surface area contributed by atoms with Gasteiger partial charge in [-0.25, -0.2) is 0 Å². The van der Waals surface area contributed by atoms with Crippen LogP contribution in [0.2, 0.25) is 0 Å². The minimum Gasteiger partial charge on any atom is -0.460 e. The molecule has 3 rings (SSSR count). The van der Waals surface area contributed by atoms with Gasteiger partial charge in [-0.05, 0) is 69.0 Å². The number of morpholine rings is 1. The lowest BCUT2D eigenvalue weighted by Gasteiger charge is -2.33. The quantitative estimate of drug-likeness (QED) is 0.454. The number of unbranched alkanes of at least 4 members (excludes halogenated alkanes) is 1. The highest BCUT2D eigenvalue weighted by Crippen LogP contribution is 2.27. The number of aryl methyl sites for hydroxylation is 1. The van der Waals surface area contributed by atoms with Gasteiger partial charge < -0.3 is 14.2 Å². The summed E-state index contributed by atoms with van der Waals surface area (Å²) in [5, 5.41) is 0. The normalized spacial score (nSPS) is 17.2. The molecule has 1 aliphatic heterocycles. The molecule has 0 aromatic heterocycles. The van der Waals surface area contributed by atoms with Crippen LogP contribution in [0.15, 0.2) is 48.5 Å². The van der Waals surface area contributed by atoms with Gasteiger partial charge in [-0.1, -0.05) is 37.6 Å². The first kappa shape index (κ1) is 24.3. The highest BCUT2D eigenvalue weighted by atomic mass is 16.6. The van der Waals surface area contributed by atoms with Crippen LogP contribution in [0.4, 0.5) is 0 Å². The van der Waals surface area contributed by atoms with Crippen LogP contribution in [0.1, 0.15) is 64.2 Å². The lowest BCUT2D eigenvalue weighted by atomic mass is 10.1. The van der Waals surface area contributed by atoms with Crippen molar-refractivity contribution in [1.29, 1.82) is 0 Å². The summed E-state index contributed by atoms with van der Waals surface area (Å²) in [6.07, 6.45) is 3.92. The second-order valence-electron chi connectivity index (χ2n) is 9.42. The number of carbonyl (C=O) groups is 1. The molecule has 1 heterocycles. The number of nitrogens with zero attached hydrogens (tertiary/aromatic N) is 1. The van der Waals surface area contributed by atoms with E-state index in [4.69, 9.17) is 14.2 Å². The van der Waals surface area contributed by atoms with Crippen molar-refractivity contribution in [1.82, 2.24) is 4.90 Å². The van der Waals surface area contributed by atoms with Gasteiger partial charge in [-0.2, -0.15) is 0 Å². The van der Waals surface area contributed by atoms with E-state index in [0.29, 0.717) is 19.6 Å². The van der Waals surface area contributed by atoms with Crippen molar-refractivity contribution >= 4 is 5.97 Å². The Hall–Kier alpha value is -2.37. The Labute approximate surface area is 192 Å². The van der Waals surface area contributed by atoms with Crippen LogP contribution in [0.5, 0.6) is 11.5 Å². The molecule has 0 N–H and O–H groups in total. The Morgan fingerprint density at radius 1 is 1.06 bits per heavy atom. The van der Waals surface area contributed by atoms with Crippen molar-refractivity contribution in [3.05, 3.63) is 59.7 Å². The van der Waals surface area contributed by atoms with Gasteiger partial charge >= 0.3 is 5.97 Å². The van der Waals surface area contributed by atoms with Crippen LogP contribution >= 0.6 is 0 Å². The molecule has 5 heteroatoms. The van der Waals surface area contributed by atoms with Crippen molar-refractivity contribution in [2.45, 2.75) is 65.1 Å². The Morgan fingerprint density at radius 2 is 1.72 bits per heavy atom. The predicted molar refractivity (Wildman–Crippen MR) is 127 cm³/mol. The molecule has 1 aliphatic rings. The number of carbonyl (C=O) groups excluding carboxylic acids is 1. The molecule has 0 spiro atoms. The smallest absolute Gasteiger partial charge is 0.307 e. The van der Waals surface area contributed by atoms with Gasteiger partial charge in [0.05, 0.1) is 19.1 Å². The van der Waals surface area contributed by atoms with Crippen LogP contribution in [0, 0.1) is 0 Å². The maximum absolute atomic E-state index is 12.0. The van der Waals surface area contributed by atoms with Crippen molar-refractivity contribution in [2.24, 2.45) is 0 Å². The molecule has 2 aromatic carbocycles. The van der Waals surface area contributed by atoms with E-state index < -0.39 is 5.60 Å². The molecular formula is C27H37NO4. The molecule has 5 nitrogen and oxygen atoms in total. The maximum Gasteiger partial charge on any atom is 0.307 e. The number of rotatable bonds is 9. The molecule has 1 unspecified atom stereocenters. The lowest BCUT2D eigenvalue weighted by molar-refractivity contribution is -0.155. The van der Waals surface area contributed by atoms with Crippen molar-refractivity contribution in [3.8, 4) is 11.5 Å². The highest BCUT2D eigenvalue weighted by molar-refractivity contribution is 5.70. The molecule has 0 saturated carbocycles. The van der Waals surface area contributed by atoms with Crippen LogP contribution < -0.4 is 4.74 Å². The summed E-state index contributed by atoms with van der Waals surface area (Å²) in [7, 11) is 0. The van der Waals surface area contributed by atoms with Crippen molar-refractivity contribution in [2.75, 3.05) is 26.2 Å². The van der Waals surface area contributed by atoms with E-state index in [1.54, 1.807) is 0 Å². The van der Waals surface area contributed by atoms with Gasteiger partial charge in [0, 0.05) is 19.6 Å². The molecule has 2 aromatic rings. The summed E-state index contributed by atoms with van der Waals surface area (Å²) in [5.74, 6) is 1.51. The number of benzene rings is 2. The first-order chi connectivity index (χ1) is 15.3. The number of hydrogen-bond donors (Lipinski definition) is 0. The Morgan fingerprint density at radius 3 is 2.34 bits per heavy atom. The summed E-state index contributed by atoms with van der Waals surface area (Å²) in [5.41, 5.74) is 2.03. The predicted octanol–water partition coefficient (Wildman–Crippen LogP) is 5.93. The van der Waals surface area contributed by atoms with Gasteiger partial charge in [-0.15, -0.1) is 0 Å². The van der Waals surface area contributed by atoms with Crippen LogP contribution in [0.3, 0.4) is 0 Å². The minimum atomic E-state index is -0.439. The number of esters is 1. The topological polar surface area (TPSA) is 48.0 Å². The van der Waals surface area contributed by atoms with Gasteiger partial charge in [0.25, 0.3) is 0 Å². The Balaban J connectivity index is 1.50. The molecule has 1 fully saturated rings. The lowest BCUT2D eigenvalue weighted by Crippen LogP contribution is -2.39. The van der Waals surface area contributed by atoms with Gasteiger partial charge in [0.1, 0.15) is 17.1 Å². The third-order valence-electron chi connectivity index (χ3n) is 5.43. The fourth-order valence-electron chi connectivity index (χ4n) is 3.74. The molecule has 1 saturated heterocycles. The molecule has 0 radical (unpaired) electrons. The van der Waals surface area contributed by atoms with Crippen LogP contribution in [0.25, 0.3) is 0 Å². The average Bonchev–Trinajstić information content (AvgIpc) is 2.77. The van der Waals surface area contributed by atoms with E-state index in [9.17, 15) is 4.79 Å². The van der Waals surface area contributed by atoms with Gasteiger partial charge in [0.2, 0.25) is 0 Å². The molecule has 32 heavy (non-hydrogen) atoms. The largest absolute Gasteiger partial charge is 0.460 e. The zero-order valence-electron chi connectivity index (χ0n) is 19.9. The molecule has 1 atom stereocenters. The molecule has 0 bridgehead atoms. The summed E-state index contributed by atoms with van der Waals surface area (Å²) in [4.78, 5) is 14.3. The second-order valence-corrected chi connectivity index (χ2v) is 9.42. The summed E-state index contributed by atoms with van der Waals surface area (Å²) in [6, 6.07) is 16.5. The third-order valence-corrected chi connectivity index (χ3v) is 5.43. The average molecular weight is 440 g/mol. The zero-order chi connectivity index (χ0) is 23.0. The van der Waals surface area contributed by atoms with E-state index in [-0.39, 0.29) is 12.1 Å². The Kier molecular flexibility index (Phi) is 8.71. The fraction of sp³-hybridized carbons (Fsp3) is 0.519. The SMILES string of the molecule is CCCCc1ccc(Oc2ccc(C3CN(CCC(=O)OC(C)(C)C)CCO3)cc2)cc1. The molecule has 0 amide bonds. The van der Waals surface area contributed by atoms with Gasteiger partial charge in [-0.3, -0.25) is 9.69 Å². The molecule has 174 valence electrons. The zero-order valence-corrected chi connectivity index (χ0v) is 19.9.